The molecule has 196 valence electrons. The summed E-state index contributed by atoms with van der Waals surface area (Å²) in [5.74, 6) is -3.13. The zero-order chi connectivity index (χ0) is 26.5. The second-order valence-electron chi connectivity index (χ2n) is 9.01. The van der Waals surface area contributed by atoms with Crippen LogP contribution in [0.2, 0.25) is 5.02 Å². The summed E-state index contributed by atoms with van der Waals surface area (Å²) in [6.07, 6.45) is -5.16. The number of carbonyl (C=O) groups excluding carboxylic acids is 2. The van der Waals surface area contributed by atoms with E-state index in [1.54, 1.807) is 0 Å². The van der Waals surface area contributed by atoms with Crippen LogP contribution >= 0.6 is 23.4 Å². The minimum Gasteiger partial charge on any atom is -0.477 e. The number of hydrogen-bond donors (Lipinski definition) is 5. The number of benzene rings is 1. The topological polar surface area (TPSA) is 131 Å². The van der Waals surface area contributed by atoms with Crippen molar-refractivity contribution >= 4 is 46.8 Å². The van der Waals surface area contributed by atoms with Gasteiger partial charge in [-0.05, 0) is 31.5 Å². The van der Waals surface area contributed by atoms with Crippen molar-refractivity contribution in [1.29, 1.82) is 0 Å². The molecule has 0 aromatic heterocycles. The Hall–Kier alpha value is -2.48. The standard InChI is InChI=1S/C22H24ClF3N4O5S/c1-8-16-15(9(2)31)20(33)30(16)17(21(34)35)18(8)36-11-6-14(27-7-11)19(32)29-28-13-5-10(22(24,25)26)3-4-12(13)23/h3-5,8-9,11,14-16,27-28,31H,6-7H2,1-2H3,(H,29,32)(H,34,35)/t8-,9?,11+,14+,15-,16-/m1/s1. The first-order chi connectivity index (χ1) is 16.8. The third kappa shape index (κ3) is 4.76. The molecule has 36 heavy (non-hydrogen) atoms. The smallest absolute Gasteiger partial charge is 0.416 e. The minimum atomic E-state index is -4.57. The Morgan fingerprint density at radius 3 is 2.64 bits per heavy atom. The van der Waals surface area contributed by atoms with Crippen LogP contribution in [0.5, 0.6) is 0 Å². The molecule has 14 heteroatoms. The van der Waals surface area contributed by atoms with Crippen LogP contribution in [-0.4, -0.2) is 62.9 Å². The van der Waals surface area contributed by atoms with Gasteiger partial charge in [-0.15, -0.1) is 11.8 Å². The van der Waals surface area contributed by atoms with E-state index in [9.17, 15) is 37.8 Å². The van der Waals surface area contributed by atoms with Crippen LogP contribution in [0.25, 0.3) is 0 Å². The largest absolute Gasteiger partial charge is 0.477 e. The number of β-lactam (4-membered cyclic amide) rings is 1. The number of nitrogens with one attached hydrogen (secondary N) is 3. The first-order valence-electron chi connectivity index (χ1n) is 11.1. The Kier molecular flexibility index (Phi) is 7.21. The van der Waals surface area contributed by atoms with Crippen molar-refractivity contribution in [3.8, 4) is 0 Å². The van der Waals surface area contributed by atoms with E-state index in [0.717, 1.165) is 18.2 Å². The number of halogens is 4. The van der Waals surface area contributed by atoms with Gasteiger partial charge in [-0.2, -0.15) is 13.2 Å². The van der Waals surface area contributed by atoms with Gasteiger partial charge < -0.3 is 20.4 Å². The van der Waals surface area contributed by atoms with Crippen molar-refractivity contribution in [3.05, 3.63) is 39.4 Å². The lowest BCUT2D eigenvalue weighted by molar-refractivity contribution is -0.163. The predicted octanol–water partition coefficient (Wildman–Crippen LogP) is 2.42. The van der Waals surface area contributed by atoms with Crippen molar-refractivity contribution < 1.29 is 37.8 Å². The summed E-state index contributed by atoms with van der Waals surface area (Å²) in [6.45, 7) is 3.69. The third-order valence-corrected chi connectivity index (χ3v) is 8.47. The zero-order valence-electron chi connectivity index (χ0n) is 19.1. The van der Waals surface area contributed by atoms with E-state index in [-0.39, 0.29) is 27.6 Å². The van der Waals surface area contributed by atoms with Crippen LogP contribution in [-0.2, 0) is 20.6 Å². The number of aliphatic hydroxyl groups is 1. The third-order valence-electron chi connectivity index (χ3n) is 6.63. The van der Waals surface area contributed by atoms with Crippen LogP contribution < -0.4 is 16.2 Å². The Balaban J connectivity index is 1.39. The molecule has 1 aromatic rings. The fourth-order valence-electron chi connectivity index (χ4n) is 4.86. The number of aliphatic carboxylic acids is 1. The quantitative estimate of drug-likeness (QED) is 0.259. The van der Waals surface area contributed by atoms with E-state index in [2.05, 4.69) is 16.2 Å². The molecular formula is C22H24ClF3N4O5S. The molecule has 0 aliphatic carbocycles. The Morgan fingerprint density at radius 1 is 1.33 bits per heavy atom. The van der Waals surface area contributed by atoms with E-state index >= 15 is 0 Å². The van der Waals surface area contributed by atoms with E-state index in [0.29, 0.717) is 17.9 Å². The Labute approximate surface area is 213 Å². The summed E-state index contributed by atoms with van der Waals surface area (Å²) in [5.41, 5.74) is 3.66. The Bertz CT molecular complexity index is 1130. The molecule has 3 aliphatic rings. The SMILES string of the molecule is CC(O)[C@H]1C(=O)N2C(C(=O)O)=C(S[C@@H]3CN[C@H](C(=O)NNc4cc(C(F)(F)F)ccc4Cl)C3)[C@H](C)[C@H]12. The van der Waals surface area contributed by atoms with Crippen LogP contribution in [0.15, 0.2) is 28.8 Å². The number of carboxylic acid groups (broad SMARTS) is 1. The maximum atomic E-state index is 12.9. The molecule has 2 fully saturated rings. The lowest BCUT2D eigenvalue weighted by atomic mass is 9.79. The number of amides is 2. The molecule has 3 aliphatic heterocycles. The van der Waals surface area contributed by atoms with Crippen molar-refractivity contribution in [2.24, 2.45) is 11.8 Å². The maximum Gasteiger partial charge on any atom is 0.416 e. The zero-order valence-corrected chi connectivity index (χ0v) is 20.7. The first kappa shape index (κ1) is 26.6. The van der Waals surface area contributed by atoms with Crippen molar-refractivity contribution in [3.63, 3.8) is 0 Å². The summed E-state index contributed by atoms with van der Waals surface area (Å²) >= 11 is 7.21. The second kappa shape index (κ2) is 9.77. The molecule has 6 atom stereocenters. The maximum absolute atomic E-state index is 12.9. The van der Waals surface area contributed by atoms with E-state index in [4.69, 9.17) is 11.6 Å². The van der Waals surface area contributed by atoms with Gasteiger partial charge in [0.1, 0.15) is 5.70 Å². The predicted molar refractivity (Wildman–Crippen MR) is 126 cm³/mol. The minimum absolute atomic E-state index is 0.00542. The van der Waals surface area contributed by atoms with Crippen LogP contribution in [0.4, 0.5) is 18.9 Å². The highest BCUT2D eigenvalue weighted by molar-refractivity contribution is 8.03. The average Bonchev–Trinajstić information content (AvgIpc) is 3.34. The van der Waals surface area contributed by atoms with Crippen molar-refractivity contribution in [1.82, 2.24) is 15.6 Å². The number of aliphatic hydroxyl groups excluding tert-OH is 1. The molecule has 2 saturated heterocycles. The summed E-state index contributed by atoms with van der Waals surface area (Å²) in [6, 6.07) is 1.58. The summed E-state index contributed by atoms with van der Waals surface area (Å²) in [4.78, 5) is 38.8. The average molecular weight is 549 g/mol. The fourth-order valence-corrected chi connectivity index (χ4v) is 6.51. The van der Waals surface area contributed by atoms with Gasteiger partial charge in [-0.1, -0.05) is 18.5 Å². The van der Waals surface area contributed by atoms with Gasteiger partial charge in [0.05, 0.1) is 40.4 Å². The number of carbonyl (C=O) groups is 3. The van der Waals surface area contributed by atoms with Gasteiger partial charge in [0.2, 0.25) is 5.91 Å². The molecule has 5 N–H and O–H groups in total. The highest BCUT2D eigenvalue weighted by atomic mass is 35.5. The molecular weight excluding hydrogens is 525 g/mol. The van der Waals surface area contributed by atoms with E-state index < -0.39 is 53.6 Å². The van der Waals surface area contributed by atoms with Gasteiger partial charge in [-0.25, -0.2) is 4.79 Å². The molecule has 1 unspecified atom stereocenters. The molecule has 0 saturated carbocycles. The van der Waals surface area contributed by atoms with Crippen LogP contribution in [0.3, 0.4) is 0 Å². The number of carboxylic acids is 1. The molecule has 2 amide bonds. The van der Waals surface area contributed by atoms with Gasteiger partial charge in [0.15, 0.2) is 0 Å². The number of alkyl halides is 3. The van der Waals surface area contributed by atoms with Crippen LogP contribution in [0.1, 0.15) is 25.8 Å². The molecule has 9 nitrogen and oxygen atoms in total. The second-order valence-corrected chi connectivity index (χ2v) is 10.8. The molecule has 1 aromatic carbocycles. The number of anilines is 1. The van der Waals surface area contributed by atoms with Crippen molar-refractivity contribution in [2.45, 2.75) is 49.9 Å². The molecule has 4 rings (SSSR count). The normalized spacial score (nSPS) is 28.6. The number of nitrogens with zero attached hydrogens (tertiary/aromatic N) is 1. The number of thioether (sulfide) groups is 1. The highest BCUT2D eigenvalue weighted by Gasteiger charge is 2.60. The summed E-state index contributed by atoms with van der Waals surface area (Å²) in [5, 5.41) is 22.5. The summed E-state index contributed by atoms with van der Waals surface area (Å²) in [7, 11) is 0. The highest BCUT2D eigenvalue weighted by Crippen LogP contribution is 2.51. The molecule has 0 spiro atoms. The van der Waals surface area contributed by atoms with E-state index in [1.807, 2.05) is 6.92 Å². The Morgan fingerprint density at radius 2 is 2.03 bits per heavy atom. The number of hydrogen-bond acceptors (Lipinski definition) is 7. The number of fused-ring (bicyclic) bond motifs is 1. The monoisotopic (exact) mass is 548 g/mol. The fraction of sp³-hybridized carbons (Fsp3) is 0.500. The first-order valence-corrected chi connectivity index (χ1v) is 12.4. The van der Waals surface area contributed by atoms with Crippen LogP contribution in [0, 0.1) is 11.8 Å². The van der Waals surface area contributed by atoms with Gasteiger partial charge in [-0.3, -0.25) is 20.4 Å². The molecule has 0 bridgehead atoms. The molecule has 0 radical (unpaired) electrons. The lowest BCUT2D eigenvalue weighted by Gasteiger charge is -2.46. The number of hydrazine groups is 1. The van der Waals surface area contributed by atoms with Gasteiger partial charge in [0, 0.05) is 22.6 Å². The lowest BCUT2D eigenvalue weighted by Crippen LogP contribution is -2.63. The van der Waals surface area contributed by atoms with Gasteiger partial charge in [0.25, 0.3) is 5.91 Å². The number of rotatable bonds is 7. The summed E-state index contributed by atoms with van der Waals surface area (Å²) < 4.78 is 38.8. The molecule has 3 heterocycles. The van der Waals surface area contributed by atoms with Crippen molar-refractivity contribution in [2.75, 3.05) is 12.0 Å². The van der Waals surface area contributed by atoms with E-state index in [1.165, 1.54) is 23.6 Å². The van der Waals surface area contributed by atoms with Gasteiger partial charge >= 0.3 is 12.1 Å².